The standard InChI is InChI=1S/C21H18ClN3O2/c1-25(14-15-8-3-2-4-9-15)21(27)19-13-7-12-18(23-19)20(26)24-17-11-6-5-10-16(17)22/h2-13H,14H2,1H3,(H,24,26). The van der Waals surface area contributed by atoms with E-state index in [1.54, 1.807) is 54.4 Å². The van der Waals surface area contributed by atoms with Gasteiger partial charge in [-0.25, -0.2) is 4.98 Å². The summed E-state index contributed by atoms with van der Waals surface area (Å²) in [6, 6.07) is 21.4. The molecule has 0 radical (unpaired) electrons. The number of hydrogen-bond donors (Lipinski definition) is 1. The van der Waals surface area contributed by atoms with Crippen LogP contribution in [0.5, 0.6) is 0 Å². The van der Waals surface area contributed by atoms with Crippen LogP contribution in [0.2, 0.25) is 5.02 Å². The average Bonchev–Trinajstić information content (AvgIpc) is 2.70. The summed E-state index contributed by atoms with van der Waals surface area (Å²) < 4.78 is 0. The summed E-state index contributed by atoms with van der Waals surface area (Å²) >= 11 is 6.06. The van der Waals surface area contributed by atoms with Crippen molar-refractivity contribution in [1.29, 1.82) is 0 Å². The molecular weight excluding hydrogens is 362 g/mol. The summed E-state index contributed by atoms with van der Waals surface area (Å²) in [4.78, 5) is 30.9. The second-order valence-electron chi connectivity index (χ2n) is 5.99. The van der Waals surface area contributed by atoms with E-state index in [9.17, 15) is 9.59 Å². The monoisotopic (exact) mass is 379 g/mol. The molecule has 0 saturated carbocycles. The summed E-state index contributed by atoms with van der Waals surface area (Å²) in [5, 5.41) is 3.13. The summed E-state index contributed by atoms with van der Waals surface area (Å²) in [5.41, 5.74) is 1.86. The minimum absolute atomic E-state index is 0.147. The number of anilines is 1. The number of benzene rings is 2. The Balaban J connectivity index is 1.73. The second-order valence-corrected chi connectivity index (χ2v) is 6.40. The van der Waals surface area contributed by atoms with E-state index in [1.165, 1.54) is 0 Å². The highest BCUT2D eigenvalue weighted by Gasteiger charge is 2.16. The van der Waals surface area contributed by atoms with Crippen LogP contribution < -0.4 is 5.32 Å². The molecule has 136 valence electrons. The predicted octanol–water partition coefficient (Wildman–Crippen LogP) is 4.26. The molecule has 0 unspecified atom stereocenters. The van der Waals surface area contributed by atoms with Crippen LogP contribution in [0.1, 0.15) is 26.5 Å². The minimum atomic E-state index is -0.427. The lowest BCUT2D eigenvalue weighted by molar-refractivity contribution is 0.0779. The first-order chi connectivity index (χ1) is 13.0. The van der Waals surface area contributed by atoms with Gasteiger partial charge < -0.3 is 10.2 Å². The van der Waals surface area contributed by atoms with E-state index >= 15 is 0 Å². The lowest BCUT2D eigenvalue weighted by atomic mass is 10.2. The predicted molar refractivity (Wildman–Crippen MR) is 106 cm³/mol. The van der Waals surface area contributed by atoms with E-state index in [0.29, 0.717) is 17.3 Å². The Morgan fingerprint density at radius 3 is 2.33 bits per heavy atom. The minimum Gasteiger partial charge on any atom is -0.336 e. The van der Waals surface area contributed by atoms with Gasteiger partial charge in [0.25, 0.3) is 11.8 Å². The molecule has 3 rings (SSSR count). The van der Waals surface area contributed by atoms with Gasteiger partial charge in [-0.2, -0.15) is 0 Å². The molecule has 0 atom stereocenters. The van der Waals surface area contributed by atoms with Crippen LogP contribution in [0.15, 0.2) is 72.8 Å². The Labute approximate surface area is 162 Å². The molecule has 6 heteroatoms. The molecule has 2 amide bonds. The Bertz CT molecular complexity index is 960. The van der Waals surface area contributed by atoms with Crippen molar-refractivity contribution in [2.75, 3.05) is 12.4 Å². The van der Waals surface area contributed by atoms with E-state index < -0.39 is 5.91 Å². The number of para-hydroxylation sites is 1. The molecule has 0 aliphatic heterocycles. The first-order valence-corrected chi connectivity index (χ1v) is 8.75. The van der Waals surface area contributed by atoms with Gasteiger partial charge in [0, 0.05) is 13.6 Å². The lowest BCUT2D eigenvalue weighted by Crippen LogP contribution is -2.27. The van der Waals surface area contributed by atoms with Gasteiger partial charge in [-0.3, -0.25) is 9.59 Å². The van der Waals surface area contributed by atoms with Crippen LogP contribution in [-0.2, 0) is 6.54 Å². The van der Waals surface area contributed by atoms with Crippen molar-refractivity contribution in [2.45, 2.75) is 6.54 Å². The highest BCUT2D eigenvalue weighted by molar-refractivity contribution is 6.33. The maximum absolute atomic E-state index is 12.6. The zero-order valence-electron chi connectivity index (χ0n) is 14.7. The molecule has 1 N–H and O–H groups in total. The first-order valence-electron chi connectivity index (χ1n) is 8.37. The van der Waals surface area contributed by atoms with Crippen molar-refractivity contribution in [2.24, 2.45) is 0 Å². The van der Waals surface area contributed by atoms with E-state index in [0.717, 1.165) is 5.56 Å². The van der Waals surface area contributed by atoms with Gasteiger partial charge in [-0.05, 0) is 29.8 Å². The van der Waals surface area contributed by atoms with Crippen LogP contribution in [0, 0.1) is 0 Å². The average molecular weight is 380 g/mol. The maximum Gasteiger partial charge on any atom is 0.274 e. The molecule has 2 aromatic carbocycles. The third-order valence-electron chi connectivity index (χ3n) is 3.93. The van der Waals surface area contributed by atoms with Crippen molar-refractivity contribution in [1.82, 2.24) is 9.88 Å². The highest BCUT2D eigenvalue weighted by atomic mass is 35.5. The fourth-order valence-corrected chi connectivity index (χ4v) is 2.74. The largest absolute Gasteiger partial charge is 0.336 e. The van der Waals surface area contributed by atoms with Crippen LogP contribution in [0.25, 0.3) is 0 Å². The number of rotatable bonds is 5. The second kappa shape index (κ2) is 8.47. The number of nitrogens with one attached hydrogen (secondary N) is 1. The molecule has 27 heavy (non-hydrogen) atoms. The van der Waals surface area contributed by atoms with Gasteiger partial charge in [-0.1, -0.05) is 60.1 Å². The fraction of sp³-hybridized carbons (Fsp3) is 0.0952. The number of amides is 2. The topological polar surface area (TPSA) is 62.3 Å². The van der Waals surface area contributed by atoms with Gasteiger partial charge in [0.15, 0.2) is 0 Å². The lowest BCUT2D eigenvalue weighted by Gasteiger charge is -2.17. The normalized spacial score (nSPS) is 10.3. The Morgan fingerprint density at radius 1 is 0.926 bits per heavy atom. The van der Waals surface area contributed by atoms with Crippen LogP contribution in [0.4, 0.5) is 5.69 Å². The van der Waals surface area contributed by atoms with Crippen LogP contribution in [-0.4, -0.2) is 28.7 Å². The molecule has 0 bridgehead atoms. The highest BCUT2D eigenvalue weighted by Crippen LogP contribution is 2.21. The van der Waals surface area contributed by atoms with Crippen molar-refractivity contribution >= 4 is 29.1 Å². The summed E-state index contributed by atoms with van der Waals surface area (Å²) in [6.45, 7) is 0.456. The molecule has 1 aromatic heterocycles. The van der Waals surface area contributed by atoms with Crippen molar-refractivity contribution in [3.8, 4) is 0 Å². The number of carbonyl (C=O) groups excluding carboxylic acids is 2. The third-order valence-corrected chi connectivity index (χ3v) is 4.26. The molecule has 1 heterocycles. The number of nitrogens with zero attached hydrogens (tertiary/aromatic N) is 2. The van der Waals surface area contributed by atoms with E-state index in [-0.39, 0.29) is 17.3 Å². The van der Waals surface area contributed by atoms with E-state index in [2.05, 4.69) is 10.3 Å². The van der Waals surface area contributed by atoms with Gasteiger partial charge in [-0.15, -0.1) is 0 Å². The molecular formula is C21H18ClN3O2. The molecule has 0 saturated heterocycles. The number of aromatic nitrogens is 1. The smallest absolute Gasteiger partial charge is 0.274 e. The Hall–Kier alpha value is -3.18. The third kappa shape index (κ3) is 4.71. The van der Waals surface area contributed by atoms with Crippen LogP contribution in [0.3, 0.4) is 0 Å². The SMILES string of the molecule is CN(Cc1ccccc1)C(=O)c1cccc(C(=O)Nc2ccccc2Cl)n1. The molecule has 0 spiro atoms. The van der Waals surface area contributed by atoms with Gasteiger partial charge in [0.1, 0.15) is 11.4 Å². The summed E-state index contributed by atoms with van der Waals surface area (Å²) in [7, 11) is 1.70. The number of carbonyl (C=O) groups is 2. The Morgan fingerprint density at radius 2 is 1.59 bits per heavy atom. The van der Waals surface area contributed by atoms with Crippen LogP contribution >= 0.6 is 11.6 Å². The Kier molecular flexibility index (Phi) is 5.84. The van der Waals surface area contributed by atoms with Gasteiger partial charge >= 0.3 is 0 Å². The molecule has 0 aliphatic rings. The van der Waals surface area contributed by atoms with Gasteiger partial charge in [0.2, 0.25) is 0 Å². The molecule has 0 fully saturated rings. The summed E-state index contributed by atoms with van der Waals surface area (Å²) in [5.74, 6) is -0.685. The summed E-state index contributed by atoms with van der Waals surface area (Å²) in [6.07, 6.45) is 0. The number of pyridine rings is 1. The number of halogens is 1. The van der Waals surface area contributed by atoms with E-state index in [4.69, 9.17) is 11.6 Å². The fourth-order valence-electron chi connectivity index (χ4n) is 2.55. The van der Waals surface area contributed by atoms with E-state index in [1.807, 2.05) is 30.3 Å². The zero-order valence-corrected chi connectivity index (χ0v) is 15.5. The molecule has 5 nitrogen and oxygen atoms in total. The molecule has 3 aromatic rings. The molecule has 0 aliphatic carbocycles. The first kappa shape index (κ1) is 18.6. The van der Waals surface area contributed by atoms with Crippen molar-refractivity contribution in [3.63, 3.8) is 0 Å². The van der Waals surface area contributed by atoms with Crippen molar-refractivity contribution < 1.29 is 9.59 Å². The van der Waals surface area contributed by atoms with Gasteiger partial charge in [0.05, 0.1) is 10.7 Å². The number of hydrogen-bond acceptors (Lipinski definition) is 3. The maximum atomic E-state index is 12.6. The van der Waals surface area contributed by atoms with Crippen molar-refractivity contribution in [3.05, 3.63) is 94.8 Å². The quantitative estimate of drug-likeness (QED) is 0.720. The zero-order chi connectivity index (χ0) is 19.2.